The molecule has 16 heteroatoms. The molecule has 0 bridgehead atoms. The van der Waals surface area contributed by atoms with Crippen LogP contribution in [0.1, 0.15) is 28.5 Å². The molecule has 2 unspecified atom stereocenters. The van der Waals surface area contributed by atoms with Gasteiger partial charge in [-0.25, -0.2) is 14.4 Å². The van der Waals surface area contributed by atoms with Crippen molar-refractivity contribution < 1.29 is 27.2 Å². The van der Waals surface area contributed by atoms with Crippen LogP contribution in [0.4, 0.5) is 29.1 Å². The first-order valence-corrected chi connectivity index (χ1v) is 14.1. The third-order valence-electron chi connectivity index (χ3n) is 8.25. The summed E-state index contributed by atoms with van der Waals surface area (Å²) in [6.45, 7) is 5.07. The summed E-state index contributed by atoms with van der Waals surface area (Å²) in [5.74, 6) is -1.00. The van der Waals surface area contributed by atoms with Crippen LogP contribution in [0.25, 0.3) is 16.9 Å². The van der Waals surface area contributed by atoms with E-state index in [1.165, 1.54) is 23.0 Å². The molecule has 1 aromatic carbocycles. The molecule has 2 amide bonds. The number of nitrogens with one attached hydrogen (secondary N) is 2. The molecule has 0 radical (unpaired) electrons. The lowest BCUT2D eigenvalue weighted by Crippen LogP contribution is -2.43. The summed E-state index contributed by atoms with van der Waals surface area (Å²) >= 11 is 0. The lowest BCUT2D eigenvalue weighted by Gasteiger charge is -2.24. The highest BCUT2D eigenvalue weighted by atomic mass is 19.4. The van der Waals surface area contributed by atoms with E-state index in [1.54, 1.807) is 19.1 Å². The molecule has 4 heterocycles. The number of anilines is 2. The number of benzene rings is 1. The number of aromatic nitrogens is 5. The molecule has 1 saturated heterocycles. The monoisotopic (exact) mass is 624 g/mol. The summed E-state index contributed by atoms with van der Waals surface area (Å²) in [6.07, 6.45) is 0.343. The summed E-state index contributed by atoms with van der Waals surface area (Å²) < 4.78 is 58.8. The quantitative estimate of drug-likeness (QED) is 0.240. The Morgan fingerprint density at radius 2 is 1.96 bits per heavy atom. The lowest BCUT2D eigenvalue weighted by atomic mass is 10.1. The molecular formula is C29H28F4N10O2. The Morgan fingerprint density at radius 1 is 1.22 bits per heavy atom. The zero-order valence-electron chi connectivity index (χ0n) is 24.1. The van der Waals surface area contributed by atoms with Gasteiger partial charge in [0.15, 0.2) is 17.2 Å². The van der Waals surface area contributed by atoms with Crippen molar-refractivity contribution in [2.45, 2.75) is 32.6 Å². The molecule has 12 nitrogen and oxygen atoms in total. The zero-order chi connectivity index (χ0) is 32.2. The number of primary amides is 1. The second-order valence-electron chi connectivity index (χ2n) is 11.5. The smallest absolute Gasteiger partial charge is 0.369 e. The molecule has 1 aliphatic heterocycles. The number of halogens is 4. The van der Waals surface area contributed by atoms with Crippen molar-refractivity contribution in [1.29, 1.82) is 5.26 Å². The molecule has 1 aliphatic carbocycles. The van der Waals surface area contributed by atoms with E-state index in [0.29, 0.717) is 12.1 Å². The van der Waals surface area contributed by atoms with Crippen molar-refractivity contribution in [3.05, 3.63) is 59.6 Å². The molecule has 3 atom stereocenters. The lowest BCUT2D eigenvalue weighted by molar-refractivity contribution is -0.141. The highest BCUT2D eigenvalue weighted by Gasteiger charge is 2.58. The molecule has 45 heavy (non-hydrogen) atoms. The molecule has 1 saturated carbocycles. The number of fused-ring (bicyclic) bond motifs is 2. The Morgan fingerprint density at radius 3 is 2.60 bits per heavy atom. The number of carbonyl (C=O) groups excluding carboxylic acids is 2. The highest BCUT2D eigenvalue weighted by molar-refractivity contribution is 5.96. The summed E-state index contributed by atoms with van der Waals surface area (Å²) in [5.41, 5.74) is 4.68. The maximum atomic E-state index is 15.3. The summed E-state index contributed by atoms with van der Waals surface area (Å²) in [4.78, 5) is 35.1. The van der Waals surface area contributed by atoms with Crippen molar-refractivity contribution in [3.63, 3.8) is 0 Å². The topological polar surface area (TPSA) is 159 Å². The van der Waals surface area contributed by atoms with Gasteiger partial charge in [0.05, 0.1) is 29.1 Å². The Balaban J connectivity index is 1.18. The molecule has 234 valence electrons. The first-order valence-electron chi connectivity index (χ1n) is 14.1. The van der Waals surface area contributed by atoms with Gasteiger partial charge < -0.3 is 21.3 Å². The third kappa shape index (κ3) is 5.66. The number of alkyl halides is 3. The Bertz CT molecular complexity index is 1820. The minimum Gasteiger partial charge on any atom is -0.369 e. The first-order chi connectivity index (χ1) is 21.3. The van der Waals surface area contributed by atoms with Gasteiger partial charge in [0.2, 0.25) is 5.91 Å². The molecule has 0 spiro atoms. The third-order valence-corrected chi connectivity index (χ3v) is 8.25. The summed E-state index contributed by atoms with van der Waals surface area (Å²) in [6, 6.07) is 4.18. The Labute approximate surface area is 253 Å². The van der Waals surface area contributed by atoms with Gasteiger partial charge in [0, 0.05) is 55.9 Å². The van der Waals surface area contributed by atoms with E-state index in [9.17, 15) is 22.8 Å². The predicted octanol–water partition coefficient (Wildman–Crippen LogP) is 3.11. The highest BCUT2D eigenvalue weighted by Crippen LogP contribution is 2.51. The van der Waals surface area contributed by atoms with Crippen LogP contribution in [-0.4, -0.2) is 66.5 Å². The van der Waals surface area contributed by atoms with Gasteiger partial charge in [-0.3, -0.25) is 18.7 Å². The van der Waals surface area contributed by atoms with Crippen molar-refractivity contribution in [2.75, 3.05) is 25.0 Å². The summed E-state index contributed by atoms with van der Waals surface area (Å²) in [7, 11) is 0. The van der Waals surface area contributed by atoms with Gasteiger partial charge >= 0.3 is 6.18 Å². The first kappa shape index (κ1) is 30.0. The normalized spacial score (nSPS) is 20.1. The standard InChI is InChI=1S/C29H28F4N10O2/c1-14-7-16(8-20(30)22(14)28(45)38-15(2)10-41-11-17-18(12-41)23(17)25(35)44)39-26-27-37-9-21(43(27)6-4-36-26)19-13-42(5-3-34)40-24(19)29(31,32)33/h4,6-9,13,15,17-18,23H,5,10-12H2,1-2H3,(H2,35,44)(H,36,39)(H,38,45)/t15-,17?,18?,23?/m1/s1. The second kappa shape index (κ2) is 11.1. The van der Waals surface area contributed by atoms with Crippen molar-refractivity contribution in [2.24, 2.45) is 23.5 Å². The maximum absolute atomic E-state index is 15.3. The fourth-order valence-corrected chi connectivity index (χ4v) is 6.33. The average Bonchev–Trinajstić information content (AvgIpc) is 3.31. The van der Waals surface area contributed by atoms with Gasteiger partial charge in [-0.15, -0.1) is 0 Å². The van der Waals surface area contributed by atoms with Gasteiger partial charge in [-0.05, 0) is 43.4 Å². The minimum absolute atomic E-state index is 0.0600. The Kier molecular flexibility index (Phi) is 7.43. The van der Waals surface area contributed by atoms with Gasteiger partial charge in [0.25, 0.3) is 5.91 Å². The molecular weight excluding hydrogens is 596 g/mol. The fourth-order valence-electron chi connectivity index (χ4n) is 6.33. The van der Waals surface area contributed by atoms with Gasteiger partial charge in [0.1, 0.15) is 12.4 Å². The second-order valence-corrected chi connectivity index (χ2v) is 11.5. The van der Waals surface area contributed by atoms with Crippen molar-refractivity contribution in [3.8, 4) is 17.3 Å². The van der Waals surface area contributed by atoms with Crippen LogP contribution in [-0.2, 0) is 17.5 Å². The van der Waals surface area contributed by atoms with Crippen LogP contribution < -0.4 is 16.4 Å². The van der Waals surface area contributed by atoms with Gasteiger partial charge in [-0.1, -0.05) is 0 Å². The number of piperidine rings is 1. The SMILES string of the molecule is Cc1cc(Nc2nccn3c(-c4cn(CC#N)nc4C(F)(F)F)cnc23)cc(F)c1C(=O)N[C@H](C)CN1CC2C(C1)C2C(N)=O. The molecule has 4 N–H and O–H groups in total. The number of nitrogens with two attached hydrogens (primary N) is 1. The van der Waals surface area contributed by atoms with E-state index >= 15 is 4.39 Å². The molecule has 2 aliphatic rings. The summed E-state index contributed by atoms with van der Waals surface area (Å²) in [5, 5.41) is 18.2. The molecule has 2 fully saturated rings. The molecule has 4 aromatic rings. The Hall–Kier alpha value is -5.04. The van der Waals surface area contributed by atoms with Crippen molar-refractivity contribution in [1.82, 2.24) is 34.4 Å². The van der Waals surface area contributed by atoms with E-state index in [1.807, 2.05) is 6.92 Å². The minimum atomic E-state index is -4.78. The van der Waals surface area contributed by atoms with Crippen LogP contribution in [0.5, 0.6) is 0 Å². The van der Waals surface area contributed by atoms with E-state index in [4.69, 9.17) is 11.0 Å². The van der Waals surface area contributed by atoms with Gasteiger partial charge in [-0.2, -0.15) is 23.5 Å². The largest absolute Gasteiger partial charge is 0.435 e. The van der Waals surface area contributed by atoms with Crippen LogP contribution in [0, 0.1) is 41.8 Å². The van der Waals surface area contributed by atoms with Crippen LogP contribution >= 0.6 is 0 Å². The number of likely N-dealkylation sites (tertiary alicyclic amines) is 1. The van der Waals surface area contributed by atoms with Crippen molar-refractivity contribution >= 4 is 29.0 Å². The molecule has 3 aromatic heterocycles. The maximum Gasteiger partial charge on any atom is 0.435 e. The number of rotatable bonds is 9. The number of aryl methyl sites for hydroxylation is 1. The number of hydrogen-bond donors (Lipinski definition) is 3. The van der Waals surface area contributed by atoms with Crippen LogP contribution in [0.3, 0.4) is 0 Å². The average molecular weight is 625 g/mol. The number of amides is 2. The van der Waals surface area contributed by atoms with E-state index in [2.05, 4.69) is 30.6 Å². The number of imidazole rings is 1. The fraction of sp³-hybridized carbons (Fsp3) is 0.379. The number of hydrogen-bond acceptors (Lipinski definition) is 8. The molecule has 6 rings (SSSR count). The predicted molar refractivity (Wildman–Crippen MR) is 152 cm³/mol. The number of carbonyl (C=O) groups is 2. The number of nitriles is 1. The van der Waals surface area contributed by atoms with Crippen LogP contribution in [0.2, 0.25) is 0 Å². The van der Waals surface area contributed by atoms with Crippen LogP contribution in [0.15, 0.2) is 36.9 Å². The van der Waals surface area contributed by atoms with E-state index in [0.717, 1.165) is 30.0 Å². The van der Waals surface area contributed by atoms with E-state index in [-0.39, 0.29) is 70.2 Å². The number of nitrogens with zero attached hydrogens (tertiary/aromatic N) is 7. The zero-order valence-corrected chi connectivity index (χ0v) is 24.1. The van der Waals surface area contributed by atoms with E-state index < -0.39 is 23.6 Å².